The number of ether oxygens (including phenoxy) is 2. The number of fused-ring (bicyclic) bond motifs is 1. The number of pyridine rings is 1. The average Bonchev–Trinajstić information content (AvgIpc) is 3.16. The number of benzene rings is 4. The van der Waals surface area contributed by atoms with Crippen molar-refractivity contribution in [3.05, 3.63) is 102 Å². The van der Waals surface area contributed by atoms with Crippen molar-refractivity contribution in [1.29, 1.82) is 0 Å². The summed E-state index contributed by atoms with van der Waals surface area (Å²) in [5.41, 5.74) is 3.79. The molecule has 0 aliphatic carbocycles. The maximum absolute atomic E-state index is 13.3. The lowest BCUT2D eigenvalue weighted by Crippen LogP contribution is -2.32. The molecule has 12 nitrogen and oxygen atoms in total. The molecule has 1 aliphatic heterocycles. The zero-order valence-electron chi connectivity index (χ0n) is 32.8. The summed E-state index contributed by atoms with van der Waals surface area (Å²) in [7, 11) is 2.43. The van der Waals surface area contributed by atoms with Crippen LogP contribution in [-0.4, -0.2) is 66.1 Å². The Morgan fingerprint density at radius 2 is 1.62 bits per heavy atom. The standard InChI is InChI=1S/C43H51N7O5S/c1-43(2,3)29-23-31(25-32(24-29)49-56(6)53)47-42(52)48-37-13-14-38(35-10-8-7-9-34(35)37)55-33-16-20-44-40(27-33)46-30-11-12-36(39(26-30)54-5)41(51)45-19-15-28-17-21-50(4)22-18-28/h7-14,16,20,23-28,49H,15,17-19,21-22H2,1-6H3,(H,44,46)(H,45,51)(H2,47,48,52). The highest BCUT2D eigenvalue weighted by atomic mass is 32.2. The topological polar surface area (TPSA) is 146 Å². The summed E-state index contributed by atoms with van der Waals surface area (Å²) in [4.78, 5) is 33.2. The molecule has 1 aromatic heterocycles. The SMILES string of the molecule is COc1cc(Nc2cc(Oc3ccc(NC(=O)Nc4cc(NS(C)=O)cc(C(C)(C)C)c4)c4ccccc34)ccn2)ccc1C(=O)NCCC1CCN(C)CC1. The number of rotatable bonds is 13. The molecule has 0 saturated carbocycles. The second kappa shape index (κ2) is 17.9. The first-order valence-corrected chi connectivity index (χ1v) is 20.3. The summed E-state index contributed by atoms with van der Waals surface area (Å²) >= 11 is 0. The van der Waals surface area contributed by atoms with Gasteiger partial charge < -0.3 is 40.4 Å². The molecule has 1 atom stereocenters. The number of nitrogens with zero attached hydrogens (tertiary/aromatic N) is 2. The molecule has 56 heavy (non-hydrogen) atoms. The Morgan fingerprint density at radius 1 is 0.875 bits per heavy atom. The highest BCUT2D eigenvalue weighted by molar-refractivity contribution is 7.85. The van der Waals surface area contributed by atoms with Crippen LogP contribution < -0.4 is 35.5 Å². The number of carbonyl (C=O) groups excluding carboxylic acids is 2. The monoisotopic (exact) mass is 777 g/mol. The molecule has 5 aromatic rings. The van der Waals surface area contributed by atoms with Gasteiger partial charge in [0.1, 0.15) is 34.1 Å². The van der Waals surface area contributed by atoms with E-state index in [9.17, 15) is 13.8 Å². The molecule has 0 spiro atoms. The molecule has 4 aromatic carbocycles. The predicted octanol–water partition coefficient (Wildman–Crippen LogP) is 8.89. The van der Waals surface area contributed by atoms with Crippen LogP contribution in [0, 0.1) is 5.92 Å². The molecule has 0 radical (unpaired) electrons. The molecule has 2 heterocycles. The Kier molecular flexibility index (Phi) is 12.8. The molecule has 6 rings (SSSR count). The van der Waals surface area contributed by atoms with Gasteiger partial charge >= 0.3 is 6.03 Å². The fourth-order valence-corrected chi connectivity index (χ4v) is 7.17. The third-order valence-corrected chi connectivity index (χ3v) is 10.3. The van der Waals surface area contributed by atoms with Gasteiger partial charge in [-0.25, -0.2) is 14.0 Å². The minimum Gasteiger partial charge on any atom is -0.496 e. The normalized spacial score (nSPS) is 14.1. The number of piperidine rings is 1. The number of nitrogens with one attached hydrogen (secondary N) is 5. The first-order valence-electron chi connectivity index (χ1n) is 18.8. The van der Waals surface area contributed by atoms with Crippen LogP contribution in [0.1, 0.15) is 56.0 Å². The summed E-state index contributed by atoms with van der Waals surface area (Å²) < 4.78 is 26.8. The van der Waals surface area contributed by atoms with Gasteiger partial charge in [0.05, 0.1) is 18.4 Å². The van der Waals surface area contributed by atoms with E-state index in [1.807, 2.05) is 48.5 Å². The van der Waals surface area contributed by atoms with Gasteiger partial charge in [0.15, 0.2) is 0 Å². The van der Waals surface area contributed by atoms with Crippen LogP contribution in [0.4, 0.5) is 33.4 Å². The number of amides is 3. The number of carbonyl (C=O) groups is 2. The van der Waals surface area contributed by atoms with Crippen molar-refractivity contribution in [3.63, 3.8) is 0 Å². The second-order valence-corrected chi connectivity index (χ2v) is 16.3. The quantitative estimate of drug-likeness (QED) is 0.0797. The van der Waals surface area contributed by atoms with E-state index in [2.05, 4.69) is 63.7 Å². The molecule has 13 heteroatoms. The Labute approximate surface area is 331 Å². The van der Waals surface area contributed by atoms with E-state index in [-0.39, 0.29) is 11.3 Å². The largest absolute Gasteiger partial charge is 0.496 e. The lowest BCUT2D eigenvalue weighted by Gasteiger charge is -2.28. The van der Waals surface area contributed by atoms with Crippen molar-refractivity contribution in [1.82, 2.24) is 15.2 Å². The van der Waals surface area contributed by atoms with E-state index < -0.39 is 17.0 Å². The van der Waals surface area contributed by atoms with Crippen LogP contribution in [0.2, 0.25) is 0 Å². The van der Waals surface area contributed by atoms with Crippen molar-refractivity contribution in [3.8, 4) is 17.2 Å². The lowest BCUT2D eigenvalue weighted by molar-refractivity contribution is 0.0946. The van der Waals surface area contributed by atoms with E-state index in [0.29, 0.717) is 63.8 Å². The number of urea groups is 1. The number of hydrogen-bond donors (Lipinski definition) is 5. The number of likely N-dealkylation sites (tertiary alicyclic amines) is 1. The maximum Gasteiger partial charge on any atom is 0.323 e. The average molecular weight is 778 g/mol. The molecule has 1 saturated heterocycles. The first kappa shape index (κ1) is 40.0. The predicted molar refractivity (Wildman–Crippen MR) is 227 cm³/mol. The van der Waals surface area contributed by atoms with Gasteiger partial charge in [-0.3, -0.25) is 4.79 Å². The van der Waals surface area contributed by atoms with Gasteiger partial charge in [-0.15, -0.1) is 0 Å². The van der Waals surface area contributed by atoms with Crippen molar-refractivity contribution in [2.24, 2.45) is 5.92 Å². The van der Waals surface area contributed by atoms with Crippen molar-refractivity contribution >= 4 is 62.3 Å². The maximum atomic E-state index is 13.3. The molecular weight excluding hydrogens is 727 g/mol. The zero-order valence-corrected chi connectivity index (χ0v) is 33.6. The van der Waals surface area contributed by atoms with E-state index >= 15 is 0 Å². The van der Waals surface area contributed by atoms with Crippen LogP contribution in [0.3, 0.4) is 0 Å². The van der Waals surface area contributed by atoms with Crippen molar-refractivity contribution < 1.29 is 23.3 Å². The summed E-state index contributed by atoms with van der Waals surface area (Å²) in [6, 6.07) is 25.4. The minimum absolute atomic E-state index is 0.159. The molecule has 1 unspecified atom stereocenters. The zero-order chi connectivity index (χ0) is 39.8. The van der Waals surface area contributed by atoms with Gasteiger partial charge in [0.25, 0.3) is 5.91 Å². The van der Waals surface area contributed by atoms with Gasteiger partial charge in [-0.1, -0.05) is 45.0 Å². The fourth-order valence-electron chi connectivity index (χ4n) is 6.72. The third kappa shape index (κ3) is 10.5. The molecule has 3 amide bonds. The molecule has 294 valence electrons. The van der Waals surface area contributed by atoms with E-state index in [1.165, 1.54) is 0 Å². The van der Waals surface area contributed by atoms with Gasteiger partial charge in [0, 0.05) is 59.0 Å². The number of aromatic nitrogens is 1. The summed E-state index contributed by atoms with van der Waals surface area (Å²) in [6.45, 7) is 9.08. The molecule has 1 aliphatic rings. The number of anilines is 5. The third-order valence-electron chi connectivity index (χ3n) is 9.80. The Hall–Kier alpha value is -5.66. The van der Waals surface area contributed by atoms with Gasteiger partial charge in [0.2, 0.25) is 0 Å². The van der Waals surface area contributed by atoms with Gasteiger partial charge in [-0.2, -0.15) is 0 Å². The molecule has 5 N–H and O–H groups in total. The smallest absolute Gasteiger partial charge is 0.323 e. The van der Waals surface area contributed by atoms with Crippen LogP contribution in [0.25, 0.3) is 10.8 Å². The Morgan fingerprint density at radius 3 is 2.36 bits per heavy atom. The summed E-state index contributed by atoms with van der Waals surface area (Å²) in [5, 5.41) is 13.9. The molecular formula is C43H51N7O5S. The van der Waals surface area contributed by atoms with Crippen LogP contribution >= 0.6 is 0 Å². The Balaban J connectivity index is 1.11. The van der Waals surface area contributed by atoms with Crippen LogP contribution in [0.15, 0.2) is 91.1 Å². The minimum atomic E-state index is -1.27. The fraction of sp³-hybridized carbons (Fsp3) is 0.326. The van der Waals surface area contributed by atoms with E-state index in [1.54, 1.807) is 56.0 Å². The van der Waals surface area contributed by atoms with Crippen LogP contribution in [0.5, 0.6) is 17.2 Å². The van der Waals surface area contributed by atoms with Gasteiger partial charge in [-0.05, 0) is 105 Å². The number of methoxy groups -OCH3 is 1. The Bertz CT molecular complexity index is 2220. The highest BCUT2D eigenvalue weighted by Crippen LogP contribution is 2.36. The van der Waals surface area contributed by atoms with Crippen molar-refractivity contribution in [2.45, 2.75) is 45.4 Å². The van der Waals surface area contributed by atoms with E-state index in [0.717, 1.165) is 48.7 Å². The highest BCUT2D eigenvalue weighted by Gasteiger charge is 2.19. The summed E-state index contributed by atoms with van der Waals surface area (Å²) in [5.74, 6) is 2.62. The lowest BCUT2D eigenvalue weighted by atomic mass is 9.86. The molecule has 0 bridgehead atoms. The second-order valence-electron chi connectivity index (χ2n) is 15.2. The van der Waals surface area contributed by atoms with E-state index in [4.69, 9.17) is 9.47 Å². The first-order chi connectivity index (χ1) is 26.8. The van der Waals surface area contributed by atoms with Crippen molar-refractivity contribution in [2.75, 3.05) is 60.7 Å². The van der Waals surface area contributed by atoms with Crippen LogP contribution in [-0.2, 0) is 16.4 Å². The molecule has 1 fully saturated rings. The summed E-state index contributed by atoms with van der Waals surface area (Å²) in [6.07, 6.45) is 6.51. The number of hydrogen-bond acceptors (Lipinski definition) is 8.